The monoisotopic (exact) mass is 152 g/mol. The van der Waals surface area contributed by atoms with Crippen LogP contribution in [0.5, 0.6) is 0 Å². The summed E-state index contributed by atoms with van der Waals surface area (Å²) in [7, 11) is 1.94. The Morgan fingerprint density at radius 3 is 3.09 bits per heavy atom. The molecule has 0 aromatic heterocycles. The molecule has 0 spiro atoms. The van der Waals surface area contributed by atoms with Gasteiger partial charge in [0.05, 0.1) is 6.42 Å². The number of carbonyl (C=O) groups is 1. The summed E-state index contributed by atoms with van der Waals surface area (Å²) in [5.41, 5.74) is 6.04. The van der Waals surface area contributed by atoms with Crippen molar-refractivity contribution in [2.24, 2.45) is 5.73 Å². The summed E-state index contributed by atoms with van der Waals surface area (Å²) >= 11 is 0. The Balaban J connectivity index is 2.61. The molecule has 1 aliphatic rings. The lowest BCUT2D eigenvalue weighted by atomic mass is 10.2. The summed E-state index contributed by atoms with van der Waals surface area (Å²) in [6.45, 7) is 0.860. The first-order valence-electron chi connectivity index (χ1n) is 3.55. The summed E-state index contributed by atoms with van der Waals surface area (Å²) in [6, 6.07) is 0. The second kappa shape index (κ2) is 3.23. The predicted molar refractivity (Wildman–Crippen MR) is 43.7 cm³/mol. The summed E-state index contributed by atoms with van der Waals surface area (Å²) in [5.74, 6) is -0.279. The molecule has 60 valence electrons. The van der Waals surface area contributed by atoms with Crippen LogP contribution in [0.25, 0.3) is 0 Å². The molecule has 3 heteroatoms. The molecule has 0 bridgehead atoms. The lowest BCUT2D eigenvalue weighted by Gasteiger charge is -2.22. The van der Waals surface area contributed by atoms with Gasteiger partial charge in [0.15, 0.2) is 0 Å². The van der Waals surface area contributed by atoms with E-state index >= 15 is 0 Å². The van der Waals surface area contributed by atoms with Gasteiger partial charge >= 0.3 is 0 Å². The molecule has 0 unspecified atom stereocenters. The van der Waals surface area contributed by atoms with Crippen LogP contribution in [0, 0.1) is 0 Å². The van der Waals surface area contributed by atoms with Crippen molar-refractivity contribution >= 4 is 5.91 Å². The van der Waals surface area contributed by atoms with Crippen molar-refractivity contribution in [3.05, 3.63) is 23.9 Å². The lowest BCUT2D eigenvalue weighted by molar-refractivity contribution is -0.117. The van der Waals surface area contributed by atoms with Crippen molar-refractivity contribution in [3.8, 4) is 0 Å². The first kappa shape index (κ1) is 7.85. The molecule has 0 radical (unpaired) electrons. The fourth-order valence-corrected chi connectivity index (χ4v) is 1.01. The summed E-state index contributed by atoms with van der Waals surface area (Å²) < 4.78 is 0. The van der Waals surface area contributed by atoms with Crippen LogP contribution >= 0.6 is 0 Å². The van der Waals surface area contributed by atoms with Crippen LogP contribution in [0.3, 0.4) is 0 Å². The number of nitrogens with zero attached hydrogens (tertiary/aromatic N) is 1. The Morgan fingerprint density at radius 2 is 2.55 bits per heavy atom. The molecule has 2 N–H and O–H groups in total. The highest BCUT2D eigenvalue weighted by Gasteiger charge is 2.07. The van der Waals surface area contributed by atoms with Gasteiger partial charge in [0, 0.05) is 19.3 Å². The van der Waals surface area contributed by atoms with Crippen molar-refractivity contribution in [2.75, 3.05) is 13.6 Å². The van der Waals surface area contributed by atoms with Crippen LogP contribution in [-0.4, -0.2) is 24.4 Å². The number of amides is 1. The Kier molecular flexibility index (Phi) is 2.31. The smallest absolute Gasteiger partial charge is 0.223 e. The fourth-order valence-electron chi connectivity index (χ4n) is 1.01. The average Bonchev–Trinajstić information content (AvgIpc) is 1.93. The second-order valence-electron chi connectivity index (χ2n) is 2.61. The van der Waals surface area contributed by atoms with Crippen LogP contribution in [0.4, 0.5) is 0 Å². The topological polar surface area (TPSA) is 46.3 Å². The molecule has 0 aliphatic carbocycles. The van der Waals surface area contributed by atoms with Gasteiger partial charge in [-0.3, -0.25) is 4.79 Å². The van der Waals surface area contributed by atoms with E-state index in [4.69, 9.17) is 5.73 Å². The predicted octanol–water partition coefficient (Wildman–Crippen LogP) is 0.247. The highest BCUT2D eigenvalue weighted by Crippen LogP contribution is 2.09. The third kappa shape index (κ3) is 2.11. The van der Waals surface area contributed by atoms with E-state index in [1.807, 2.05) is 30.2 Å². The fraction of sp³-hybridized carbons (Fsp3) is 0.375. The number of carbonyl (C=O) groups excluding carboxylic acids is 1. The molecule has 0 aromatic carbocycles. The normalized spacial score (nSPS) is 16.5. The number of rotatable bonds is 2. The number of hydrogen-bond donors (Lipinski definition) is 1. The highest BCUT2D eigenvalue weighted by atomic mass is 16.1. The van der Waals surface area contributed by atoms with Crippen LogP contribution in [0.15, 0.2) is 23.9 Å². The van der Waals surface area contributed by atoms with Crippen molar-refractivity contribution in [2.45, 2.75) is 6.42 Å². The van der Waals surface area contributed by atoms with Gasteiger partial charge in [-0.25, -0.2) is 0 Å². The summed E-state index contributed by atoms with van der Waals surface area (Å²) in [4.78, 5) is 12.5. The van der Waals surface area contributed by atoms with E-state index in [1.54, 1.807) is 0 Å². The zero-order valence-corrected chi connectivity index (χ0v) is 6.58. The van der Waals surface area contributed by atoms with Gasteiger partial charge in [-0.2, -0.15) is 0 Å². The molecule has 1 amide bonds. The minimum atomic E-state index is -0.279. The largest absolute Gasteiger partial charge is 0.374 e. The van der Waals surface area contributed by atoms with E-state index in [0.29, 0.717) is 6.42 Å². The van der Waals surface area contributed by atoms with Gasteiger partial charge in [0.25, 0.3) is 0 Å². The van der Waals surface area contributed by atoms with Crippen molar-refractivity contribution in [3.63, 3.8) is 0 Å². The third-order valence-electron chi connectivity index (χ3n) is 1.65. The van der Waals surface area contributed by atoms with Gasteiger partial charge in [0.2, 0.25) is 5.91 Å². The summed E-state index contributed by atoms with van der Waals surface area (Å²) in [5, 5.41) is 0. The Bertz CT molecular complexity index is 218. The van der Waals surface area contributed by atoms with Gasteiger partial charge in [-0.05, 0) is 6.08 Å². The molecular formula is C8H12N2O. The standard InChI is InChI=1S/C8H12N2O/c1-10-5-3-2-4-7(10)6-8(9)11/h2-4H,5-6H2,1H3,(H2,9,11). The van der Waals surface area contributed by atoms with Gasteiger partial charge < -0.3 is 10.6 Å². The lowest BCUT2D eigenvalue weighted by Crippen LogP contribution is -2.24. The first-order chi connectivity index (χ1) is 5.20. The van der Waals surface area contributed by atoms with E-state index < -0.39 is 0 Å². The Labute approximate surface area is 66.2 Å². The quantitative estimate of drug-likeness (QED) is 0.616. The van der Waals surface area contributed by atoms with E-state index in [1.165, 1.54) is 0 Å². The Morgan fingerprint density at radius 1 is 1.82 bits per heavy atom. The van der Waals surface area contributed by atoms with E-state index in [0.717, 1.165) is 12.2 Å². The maximum Gasteiger partial charge on any atom is 0.223 e. The second-order valence-corrected chi connectivity index (χ2v) is 2.61. The van der Waals surface area contributed by atoms with E-state index in [9.17, 15) is 4.79 Å². The molecule has 3 nitrogen and oxygen atoms in total. The molecule has 0 aromatic rings. The maximum atomic E-state index is 10.5. The van der Waals surface area contributed by atoms with Crippen molar-refractivity contribution < 1.29 is 4.79 Å². The molecule has 0 atom stereocenters. The zero-order chi connectivity index (χ0) is 8.27. The van der Waals surface area contributed by atoms with E-state index in [-0.39, 0.29) is 5.91 Å². The molecule has 11 heavy (non-hydrogen) atoms. The SMILES string of the molecule is CN1CC=CC=C1CC(N)=O. The molecule has 0 saturated carbocycles. The Hall–Kier alpha value is -1.25. The summed E-state index contributed by atoms with van der Waals surface area (Å²) in [6.07, 6.45) is 6.22. The van der Waals surface area contributed by atoms with Crippen LogP contribution in [-0.2, 0) is 4.79 Å². The minimum Gasteiger partial charge on any atom is -0.374 e. The van der Waals surface area contributed by atoms with Gasteiger partial charge in [-0.15, -0.1) is 0 Å². The molecule has 1 aliphatic heterocycles. The number of allylic oxidation sites excluding steroid dienone is 2. The number of likely N-dealkylation sites (N-methyl/N-ethyl adjacent to an activating group) is 1. The minimum absolute atomic E-state index is 0.279. The van der Waals surface area contributed by atoms with Crippen LogP contribution in [0.1, 0.15) is 6.42 Å². The molecule has 0 fully saturated rings. The number of primary amides is 1. The number of hydrogen-bond acceptors (Lipinski definition) is 2. The maximum absolute atomic E-state index is 10.5. The van der Waals surface area contributed by atoms with Crippen molar-refractivity contribution in [1.29, 1.82) is 0 Å². The van der Waals surface area contributed by atoms with Crippen LogP contribution < -0.4 is 5.73 Å². The zero-order valence-electron chi connectivity index (χ0n) is 6.58. The molecular weight excluding hydrogens is 140 g/mol. The average molecular weight is 152 g/mol. The first-order valence-corrected chi connectivity index (χ1v) is 3.55. The van der Waals surface area contributed by atoms with E-state index in [2.05, 4.69) is 0 Å². The number of nitrogens with two attached hydrogens (primary N) is 1. The van der Waals surface area contributed by atoms with Gasteiger partial charge in [0.1, 0.15) is 0 Å². The van der Waals surface area contributed by atoms with Crippen molar-refractivity contribution in [1.82, 2.24) is 4.90 Å². The van der Waals surface area contributed by atoms with Gasteiger partial charge in [-0.1, -0.05) is 12.2 Å². The highest BCUT2D eigenvalue weighted by molar-refractivity contribution is 5.76. The molecule has 1 heterocycles. The molecule has 0 saturated heterocycles. The third-order valence-corrected chi connectivity index (χ3v) is 1.65. The molecule has 1 rings (SSSR count). The van der Waals surface area contributed by atoms with Crippen LogP contribution in [0.2, 0.25) is 0 Å².